The highest BCUT2D eigenvalue weighted by Gasteiger charge is 2.65. The summed E-state index contributed by atoms with van der Waals surface area (Å²) in [5.41, 5.74) is 2.20. The summed E-state index contributed by atoms with van der Waals surface area (Å²) in [4.78, 5) is 9.54. The van der Waals surface area contributed by atoms with Gasteiger partial charge in [-0.3, -0.25) is 0 Å². The minimum atomic E-state index is -0.330. The predicted octanol–water partition coefficient (Wildman–Crippen LogP) is 5.47. The Kier molecular flexibility index (Phi) is 6.44. The quantitative estimate of drug-likeness (QED) is 0.512. The van der Waals surface area contributed by atoms with E-state index < -0.39 is 0 Å². The van der Waals surface area contributed by atoms with Crippen molar-refractivity contribution < 1.29 is 15.3 Å². The summed E-state index contributed by atoms with van der Waals surface area (Å²) >= 11 is 0. The molecule has 0 radical (unpaired) electrons. The van der Waals surface area contributed by atoms with E-state index in [2.05, 4.69) is 50.9 Å². The molecule has 4 aliphatic carbocycles. The molecule has 5 heteroatoms. The highest BCUT2D eigenvalue weighted by Crippen LogP contribution is 2.68. The average Bonchev–Trinajstić information content (AvgIpc) is 3.23. The Morgan fingerprint density at radius 3 is 2.65 bits per heavy atom. The standard InChI is InChI=1S/C32H46N2O3/c1-18-6-5-7-26-22(18)17-33-29(34-26)11-8-19(2)23-9-10-24-30-25(16-28(37)32(23,24)4)31(3)13-12-21(35)14-20(31)15-27(30)36/h5-7,17,19-21,23-25,27-28,30,35-37H,8-16H2,1-4H3/t19-,20+,21-,23-,24+,25?,27-,28+,30+,31+,32-/m1/s1. The zero-order valence-corrected chi connectivity index (χ0v) is 23.1. The summed E-state index contributed by atoms with van der Waals surface area (Å²) in [5, 5.41) is 34.8. The number of aryl methyl sites for hydroxylation is 2. The van der Waals surface area contributed by atoms with Crippen LogP contribution in [0.4, 0.5) is 0 Å². The molecule has 37 heavy (non-hydrogen) atoms. The molecule has 0 bridgehead atoms. The van der Waals surface area contributed by atoms with Crippen molar-refractivity contribution in [1.82, 2.24) is 9.97 Å². The lowest BCUT2D eigenvalue weighted by molar-refractivity contribution is -0.207. The van der Waals surface area contributed by atoms with Crippen molar-refractivity contribution in [2.24, 2.45) is 46.3 Å². The first kappa shape index (κ1) is 25.7. The molecular weight excluding hydrogens is 460 g/mol. The monoisotopic (exact) mass is 506 g/mol. The van der Waals surface area contributed by atoms with Crippen LogP contribution in [0.15, 0.2) is 24.4 Å². The molecule has 0 aliphatic heterocycles. The van der Waals surface area contributed by atoms with E-state index in [0.29, 0.717) is 29.6 Å². The van der Waals surface area contributed by atoms with Gasteiger partial charge in [-0.1, -0.05) is 32.9 Å². The lowest BCUT2D eigenvalue weighted by Crippen LogP contribution is -2.62. The summed E-state index contributed by atoms with van der Waals surface area (Å²) in [5.74, 6) is 3.18. The van der Waals surface area contributed by atoms with Gasteiger partial charge >= 0.3 is 0 Å². The van der Waals surface area contributed by atoms with E-state index in [0.717, 1.165) is 74.5 Å². The number of aliphatic hydroxyl groups excluding tert-OH is 3. The number of fused-ring (bicyclic) bond motifs is 6. The molecule has 0 saturated heterocycles. The number of hydrogen-bond donors (Lipinski definition) is 3. The Labute approximate surface area is 222 Å². The molecule has 11 atom stereocenters. The lowest BCUT2D eigenvalue weighted by Gasteiger charge is -2.63. The van der Waals surface area contributed by atoms with Crippen molar-refractivity contribution in [1.29, 1.82) is 0 Å². The van der Waals surface area contributed by atoms with Crippen LogP contribution in [0.3, 0.4) is 0 Å². The predicted molar refractivity (Wildman–Crippen MR) is 146 cm³/mol. The van der Waals surface area contributed by atoms with Gasteiger partial charge < -0.3 is 15.3 Å². The van der Waals surface area contributed by atoms with Crippen LogP contribution >= 0.6 is 0 Å². The van der Waals surface area contributed by atoms with E-state index in [1.165, 1.54) is 5.56 Å². The molecule has 0 amide bonds. The van der Waals surface area contributed by atoms with E-state index in [1.807, 2.05) is 6.20 Å². The van der Waals surface area contributed by atoms with Gasteiger partial charge in [0.1, 0.15) is 5.82 Å². The molecule has 4 saturated carbocycles. The summed E-state index contributed by atoms with van der Waals surface area (Å²) in [6.45, 7) is 9.21. The minimum Gasteiger partial charge on any atom is -0.393 e. The first-order chi connectivity index (χ1) is 17.6. The van der Waals surface area contributed by atoms with Gasteiger partial charge in [-0.15, -0.1) is 0 Å². The molecular formula is C32H46N2O3. The molecule has 1 aromatic heterocycles. The second-order valence-corrected chi connectivity index (χ2v) is 13.8. The highest BCUT2D eigenvalue weighted by atomic mass is 16.3. The second kappa shape index (κ2) is 9.27. The van der Waals surface area contributed by atoms with Crippen molar-refractivity contribution >= 4 is 10.9 Å². The number of hydrogen-bond acceptors (Lipinski definition) is 5. The van der Waals surface area contributed by atoms with Crippen molar-refractivity contribution in [3.05, 3.63) is 35.8 Å². The van der Waals surface area contributed by atoms with Gasteiger partial charge in [0.05, 0.1) is 23.8 Å². The topological polar surface area (TPSA) is 86.5 Å². The SMILES string of the molecule is Cc1cccc2nc(CC[C@@H](C)[C@H]3CC[C@H]4[C@H]5C(C[C@H](O)[C@]34C)[C@@]3(C)CC[C@@H](O)C[C@H]3C[C@H]5O)ncc12. The van der Waals surface area contributed by atoms with Crippen LogP contribution in [0.1, 0.15) is 83.5 Å². The van der Waals surface area contributed by atoms with E-state index in [9.17, 15) is 15.3 Å². The first-order valence-corrected chi connectivity index (χ1v) is 14.9. The van der Waals surface area contributed by atoms with Crippen molar-refractivity contribution in [2.75, 3.05) is 0 Å². The Hall–Kier alpha value is -1.56. The van der Waals surface area contributed by atoms with Gasteiger partial charge in [0, 0.05) is 18.0 Å². The lowest BCUT2D eigenvalue weighted by atomic mass is 9.43. The summed E-state index contributed by atoms with van der Waals surface area (Å²) < 4.78 is 0. The maximum Gasteiger partial charge on any atom is 0.128 e. The zero-order valence-electron chi connectivity index (χ0n) is 23.1. The molecule has 4 aliphatic rings. The largest absolute Gasteiger partial charge is 0.393 e. The Balaban J connectivity index is 1.20. The molecule has 1 unspecified atom stereocenters. The van der Waals surface area contributed by atoms with E-state index in [4.69, 9.17) is 4.98 Å². The normalized spacial score (nSPS) is 44.2. The van der Waals surface area contributed by atoms with Crippen molar-refractivity contribution in [3.8, 4) is 0 Å². The van der Waals surface area contributed by atoms with Crippen LogP contribution in [-0.2, 0) is 6.42 Å². The maximum absolute atomic E-state index is 11.8. The van der Waals surface area contributed by atoms with Crippen LogP contribution in [-0.4, -0.2) is 43.6 Å². The molecule has 4 fully saturated rings. The summed E-state index contributed by atoms with van der Waals surface area (Å²) in [7, 11) is 0. The van der Waals surface area contributed by atoms with Crippen molar-refractivity contribution in [3.63, 3.8) is 0 Å². The third kappa shape index (κ3) is 3.98. The third-order valence-electron chi connectivity index (χ3n) is 12.2. The number of nitrogens with zero attached hydrogens (tertiary/aromatic N) is 2. The van der Waals surface area contributed by atoms with Gasteiger partial charge in [-0.25, -0.2) is 9.97 Å². The zero-order chi connectivity index (χ0) is 26.1. The average molecular weight is 507 g/mol. The van der Waals surface area contributed by atoms with Crippen LogP contribution in [0.2, 0.25) is 0 Å². The molecule has 0 spiro atoms. The Morgan fingerprint density at radius 2 is 1.84 bits per heavy atom. The van der Waals surface area contributed by atoms with Gasteiger partial charge in [0.2, 0.25) is 0 Å². The maximum atomic E-state index is 11.8. The van der Waals surface area contributed by atoms with Crippen LogP contribution in [0.25, 0.3) is 10.9 Å². The van der Waals surface area contributed by atoms with Gasteiger partial charge in [0.15, 0.2) is 0 Å². The fourth-order valence-electron chi connectivity index (χ4n) is 10.0. The Bertz CT molecular complexity index is 1150. The van der Waals surface area contributed by atoms with Crippen LogP contribution < -0.4 is 0 Å². The third-order valence-corrected chi connectivity index (χ3v) is 12.2. The number of benzene rings is 1. The molecule has 3 N–H and O–H groups in total. The first-order valence-electron chi connectivity index (χ1n) is 14.9. The molecule has 6 rings (SSSR count). The number of aromatic nitrogens is 2. The van der Waals surface area contributed by atoms with Crippen LogP contribution in [0, 0.1) is 53.3 Å². The van der Waals surface area contributed by atoms with E-state index >= 15 is 0 Å². The van der Waals surface area contributed by atoms with Crippen molar-refractivity contribution in [2.45, 2.75) is 104 Å². The molecule has 5 nitrogen and oxygen atoms in total. The Morgan fingerprint density at radius 1 is 1.03 bits per heavy atom. The number of rotatable bonds is 4. The molecule has 1 heterocycles. The minimum absolute atomic E-state index is 0.126. The second-order valence-electron chi connectivity index (χ2n) is 13.8. The molecule has 2 aromatic rings. The molecule has 1 aromatic carbocycles. The molecule has 202 valence electrons. The van der Waals surface area contributed by atoms with Gasteiger partial charge in [0.25, 0.3) is 0 Å². The van der Waals surface area contributed by atoms with Gasteiger partial charge in [-0.2, -0.15) is 0 Å². The van der Waals surface area contributed by atoms with Gasteiger partial charge in [-0.05, 0) is 116 Å². The summed E-state index contributed by atoms with van der Waals surface area (Å²) in [6, 6.07) is 6.24. The summed E-state index contributed by atoms with van der Waals surface area (Å²) in [6.07, 6.45) is 9.52. The van der Waals surface area contributed by atoms with E-state index in [1.54, 1.807) is 0 Å². The van der Waals surface area contributed by atoms with E-state index in [-0.39, 0.29) is 35.1 Å². The fourth-order valence-corrected chi connectivity index (χ4v) is 10.0. The number of aliphatic hydroxyl groups is 3. The fraction of sp³-hybridized carbons (Fsp3) is 0.750. The smallest absolute Gasteiger partial charge is 0.128 e. The van der Waals surface area contributed by atoms with Crippen LogP contribution in [0.5, 0.6) is 0 Å². The highest BCUT2D eigenvalue weighted by molar-refractivity contribution is 5.80.